The Morgan fingerprint density at radius 2 is 1.84 bits per heavy atom. The van der Waals surface area contributed by atoms with E-state index in [0.717, 1.165) is 0 Å². The molecule has 8 heteroatoms. The average Bonchev–Trinajstić information content (AvgIpc) is 2.53. The molecule has 2 rings (SSSR count). The number of hydrogen-bond acceptors (Lipinski definition) is 2. The SMILES string of the molecule is O=C(Nc1cccc(CCC(F)(F)F)c1)NC1CCC(C(=O)O)CC1. The Bertz CT molecular complexity index is 611. The highest BCUT2D eigenvalue weighted by Crippen LogP contribution is 2.25. The maximum atomic E-state index is 12.3. The van der Waals surface area contributed by atoms with Crippen molar-refractivity contribution in [3.63, 3.8) is 0 Å². The Labute approximate surface area is 143 Å². The number of aryl methyl sites for hydroxylation is 1. The fourth-order valence-electron chi connectivity index (χ4n) is 2.93. The van der Waals surface area contributed by atoms with Crippen molar-refractivity contribution < 1.29 is 27.9 Å². The summed E-state index contributed by atoms with van der Waals surface area (Å²) >= 11 is 0. The van der Waals surface area contributed by atoms with Crippen LogP contribution in [0, 0.1) is 5.92 Å². The second kappa shape index (κ2) is 8.22. The van der Waals surface area contributed by atoms with Crippen molar-refractivity contribution in [2.24, 2.45) is 5.92 Å². The maximum Gasteiger partial charge on any atom is 0.389 e. The van der Waals surface area contributed by atoms with Crippen LogP contribution >= 0.6 is 0 Å². The first-order valence-corrected chi connectivity index (χ1v) is 8.19. The molecule has 1 fully saturated rings. The minimum atomic E-state index is -4.21. The third-order valence-corrected chi connectivity index (χ3v) is 4.29. The molecule has 1 aromatic rings. The quantitative estimate of drug-likeness (QED) is 0.746. The van der Waals surface area contributed by atoms with Crippen molar-refractivity contribution >= 4 is 17.7 Å². The van der Waals surface area contributed by atoms with Crippen LogP contribution in [0.15, 0.2) is 24.3 Å². The lowest BCUT2D eigenvalue weighted by Crippen LogP contribution is -2.40. The van der Waals surface area contributed by atoms with Crippen molar-refractivity contribution in [3.05, 3.63) is 29.8 Å². The van der Waals surface area contributed by atoms with Gasteiger partial charge in [0.15, 0.2) is 0 Å². The molecule has 0 saturated heterocycles. The Kier molecular flexibility index (Phi) is 6.27. The highest BCUT2D eigenvalue weighted by atomic mass is 19.4. The molecule has 5 nitrogen and oxygen atoms in total. The summed E-state index contributed by atoms with van der Waals surface area (Å²) in [6, 6.07) is 5.78. The number of carboxylic acids is 1. The number of carbonyl (C=O) groups excluding carboxylic acids is 1. The second-order valence-corrected chi connectivity index (χ2v) is 6.30. The predicted octanol–water partition coefficient (Wildman–Crippen LogP) is 3.95. The molecule has 2 amide bonds. The van der Waals surface area contributed by atoms with Crippen LogP contribution < -0.4 is 10.6 Å². The van der Waals surface area contributed by atoms with E-state index in [0.29, 0.717) is 36.9 Å². The van der Waals surface area contributed by atoms with Crippen molar-refractivity contribution in [1.29, 1.82) is 0 Å². The van der Waals surface area contributed by atoms with Crippen molar-refractivity contribution in [2.75, 3.05) is 5.32 Å². The Hall–Kier alpha value is -2.25. The third-order valence-electron chi connectivity index (χ3n) is 4.29. The van der Waals surface area contributed by atoms with Gasteiger partial charge in [-0.15, -0.1) is 0 Å². The smallest absolute Gasteiger partial charge is 0.389 e. The van der Waals surface area contributed by atoms with Gasteiger partial charge in [0.05, 0.1) is 5.92 Å². The number of carbonyl (C=O) groups is 2. The van der Waals surface area contributed by atoms with Crippen LogP contribution in [0.2, 0.25) is 0 Å². The largest absolute Gasteiger partial charge is 0.481 e. The maximum absolute atomic E-state index is 12.3. The van der Waals surface area contributed by atoms with E-state index in [1.807, 2.05) is 0 Å². The zero-order valence-electron chi connectivity index (χ0n) is 13.6. The van der Waals surface area contributed by atoms with Gasteiger partial charge in [-0.3, -0.25) is 4.79 Å². The zero-order chi connectivity index (χ0) is 18.4. The number of hydrogen-bond donors (Lipinski definition) is 3. The van der Waals surface area contributed by atoms with Crippen molar-refractivity contribution in [2.45, 2.75) is 50.7 Å². The van der Waals surface area contributed by atoms with E-state index in [2.05, 4.69) is 10.6 Å². The van der Waals surface area contributed by atoms with E-state index in [1.54, 1.807) is 18.2 Å². The lowest BCUT2D eigenvalue weighted by Gasteiger charge is -2.26. The molecule has 0 unspecified atom stereocenters. The number of urea groups is 1. The average molecular weight is 358 g/mol. The lowest BCUT2D eigenvalue weighted by atomic mass is 9.86. The first kappa shape index (κ1) is 19.1. The number of amides is 2. The summed E-state index contributed by atoms with van der Waals surface area (Å²) in [6.45, 7) is 0. The molecule has 1 aliphatic rings. The first-order valence-electron chi connectivity index (χ1n) is 8.19. The van der Waals surface area contributed by atoms with E-state index in [9.17, 15) is 22.8 Å². The molecular formula is C17H21F3N2O3. The lowest BCUT2D eigenvalue weighted by molar-refractivity contribution is -0.142. The number of nitrogens with one attached hydrogen (secondary N) is 2. The highest BCUT2D eigenvalue weighted by molar-refractivity contribution is 5.89. The van der Waals surface area contributed by atoms with Gasteiger partial charge in [-0.1, -0.05) is 12.1 Å². The molecule has 3 N–H and O–H groups in total. The molecular weight excluding hydrogens is 337 g/mol. The van der Waals surface area contributed by atoms with E-state index >= 15 is 0 Å². The van der Waals surface area contributed by atoms with Crippen LogP contribution in [-0.4, -0.2) is 29.3 Å². The topological polar surface area (TPSA) is 78.4 Å². The van der Waals surface area contributed by atoms with E-state index in [4.69, 9.17) is 5.11 Å². The van der Waals surface area contributed by atoms with Gasteiger partial charge in [-0.05, 0) is 49.8 Å². The van der Waals surface area contributed by atoms with Crippen molar-refractivity contribution in [1.82, 2.24) is 5.32 Å². The summed E-state index contributed by atoms with van der Waals surface area (Å²) in [7, 11) is 0. The molecule has 1 aliphatic carbocycles. The minimum Gasteiger partial charge on any atom is -0.481 e. The Morgan fingerprint density at radius 3 is 2.44 bits per heavy atom. The summed E-state index contributed by atoms with van der Waals surface area (Å²) < 4.78 is 36.8. The van der Waals surface area contributed by atoms with Crippen LogP contribution in [0.3, 0.4) is 0 Å². The number of benzene rings is 1. The number of aliphatic carboxylic acids is 1. The summed E-state index contributed by atoms with van der Waals surface area (Å²) in [4.78, 5) is 22.9. The summed E-state index contributed by atoms with van der Waals surface area (Å²) in [5.41, 5.74) is 0.925. The Morgan fingerprint density at radius 1 is 1.16 bits per heavy atom. The van der Waals surface area contributed by atoms with Crippen LogP contribution in [0.1, 0.15) is 37.7 Å². The van der Waals surface area contributed by atoms with E-state index in [1.165, 1.54) is 6.07 Å². The highest BCUT2D eigenvalue weighted by Gasteiger charge is 2.27. The molecule has 0 aliphatic heterocycles. The molecule has 0 spiro atoms. The van der Waals surface area contributed by atoms with Crippen molar-refractivity contribution in [3.8, 4) is 0 Å². The minimum absolute atomic E-state index is 0.0935. The van der Waals surface area contributed by atoms with Crippen LogP contribution in [-0.2, 0) is 11.2 Å². The molecule has 0 radical (unpaired) electrons. The monoisotopic (exact) mass is 358 g/mol. The first-order chi connectivity index (χ1) is 11.7. The molecule has 1 aromatic carbocycles. The zero-order valence-corrected chi connectivity index (χ0v) is 13.6. The number of anilines is 1. The predicted molar refractivity (Wildman–Crippen MR) is 86.4 cm³/mol. The van der Waals surface area contributed by atoms with Crippen LogP contribution in [0.4, 0.5) is 23.7 Å². The number of alkyl halides is 3. The van der Waals surface area contributed by atoms with Gasteiger partial charge in [-0.25, -0.2) is 4.79 Å². The molecule has 138 valence electrons. The van der Waals surface area contributed by atoms with Crippen LogP contribution in [0.5, 0.6) is 0 Å². The molecule has 1 saturated carbocycles. The normalized spacial score (nSPS) is 20.8. The molecule has 25 heavy (non-hydrogen) atoms. The summed E-state index contributed by atoms with van der Waals surface area (Å²) in [5, 5.41) is 14.3. The second-order valence-electron chi connectivity index (χ2n) is 6.30. The van der Waals surface area contributed by atoms with Gasteiger partial charge in [-0.2, -0.15) is 13.2 Å². The molecule has 0 heterocycles. The molecule has 0 bridgehead atoms. The third kappa shape index (κ3) is 6.64. The Balaban J connectivity index is 1.81. The summed E-state index contributed by atoms with van der Waals surface area (Å²) in [5.74, 6) is -1.16. The van der Waals surface area contributed by atoms with Gasteiger partial charge in [0, 0.05) is 18.2 Å². The van der Waals surface area contributed by atoms with Gasteiger partial charge in [0.2, 0.25) is 0 Å². The fourth-order valence-corrected chi connectivity index (χ4v) is 2.93. The molecule has 0 atom stereocenters. The van der Waals surface area contributed by atoms with E-state index in [-0.39, 0.29) is 18.4 Å². The van der Waals surface area contributed by atoms with Gasteiger partial charge in [0.1, 0.15) is 0 Å². The summed E-state index contributed by atoms with van der Waals surface area (Å²) in [6.07, 6.45) is -3.03. The van der Waals surface area contributed by atoms with E-state index < -0.39 is 24.6 Å². The number of carboxylic acid groups (broad SMARTS) is 1. The van der Waals surface area contributed by atoms with Gasteiger partial charge >= 0.3 is 18.2 Å². The standard InChI is InChI=1S/C17H21F3N2O3/c18-17(19,20)9-8-11-2-1-3-14(10-11)22-16(25)21-13-6-4-12(5-7-13)15(23)24/h1-3,10,12-13H,4-9H2,(H,23,24)(H2,21,22,25). The van der Waals surface area contributed by atoms with Gasteiger partial charge in [0.25, 0.3) is 0 Å². The fraction of sp³-hybridized carbons (Fsp3) is 0.529. The molecule has 0 aromatic heterocycles. The number of rotatable bonds is 5. The van der Waals surface area contributed by atoms with Crippen LogP contribution in [0.25, 0.3) is 0 Å². The number of halogens is 3. The van der Waals surface area contributed by atoms with Gasteiger partial charge < -0.3 is 15.7 Å².